The predicted octanol–water partition coefficient (Wildman–Crippen LogP) is 2.80. The number of rotatable bonds is 4. The number of likely N-dealkylation sites (tertiary alicyclic amines) is 1. The van der Waals surface area contributed by atoms with Crippen LogP contribution in [0.2, 0.25) is 0 Å². The van der Waals surface area contributed by atoms with Crippen LogP contribution in [-0.2, 0) is 4.79 Å². The number of fused-ring (bicyclic) bond motifs is 1. The smallest absolute Gasteiger partial charge is 0.254 e. The third-order valence-corrected chi connectivity index (χ3v) is 4.82. The van der Waals surface area contributed by atoms with E-state index in [-0.39, 0.29) is 24.1 Å². The number of H-pyrrole nitrogens is 1. The number of hydrogen-bond acceptors (Lipinski definition) is 3. The van der Waals surface area contributed by atoms with E-state index in [1.807, 2.05) is 24.3 Å². The van der Waals surface area contributed by atoms with Crippen LogP contribution in [0.4, 0.5) is 4.39 Å². The molecule has 138 valence electrons. The molecular weight excluding hydrogens is 347 g/mol. The number of benzene rings is 2. The first kappa shape index (κ1) is 17.2. The fraction of sp³-hybridized carbons (Fsp3) is 0.250. The molecule has 1 aliphatic heterocycles. The largest absolute Gasteiger partial charge is 0.343 e. The maximum atomic E-state index is 13.7. The van der Waals surface area contributed by atoms with Crippen LogP contribution in [-0.4, -0.2) is 39.8 Å². The minimum atomic E-state index is -0.608. The van der Waals surface area contributed by atoms with Crippen molar-refractivity contribution in [2.45, 2.75) is 18.9 Å². The normalized spacial score (nSPS) is 16.6. The monoisotopic (exact) mass is 366 g/mol. The second-order valence-corrected chi connectivity index (χ2v) is 6.55. The van der Waals surface area contributed by atoms with E-state index in [0.717, 1.165) is 29.7 Å². The van der Waals surface area contributed by atoms with Crippen LogP contribution in [0.15, 0.2) is 48.5 Å². The molecule has 27 heavy (non-hydrogen) atoms. The van der Waals surface area contributed by atoms with Crippen LogP contribution in [0.25, 0.3) is 11.0 Å². The van der Waals surface area contributed by atoms with Crippen LogP contribution < -0.4 is 5.32 Å². The second-order valence-electron chi connectivity index (χ2n) is 6.55. The number of hydrogen-bond donors (Lipinski definition) is 2. The Hall–Kier alpha value is -3.22. The van der Waals surface area contributed by atoms with Crippen molar-refractivity contribution in [3.8, 4) is 0 Å². The maximum absolute atomic E-state index is 13.7. The second kappa shape index (κ2) is 7.19. The molecule has 0 aliphatic carbocycles. The van der Waals surface area contributed by atoms with Crippen molar-refractivity contribution in [1.82, 2.24) is 20.2 Å². The Balaban J connectivity index is 1.45. The molecule has 6 nitrogen and oxygen atoms in total. The van der Waals surface area contributed by atoms with Gasteiger partial charge in [-0.15, -0.1) is 0 Å². The number of nitrogens with one attached hydrogen (secondary N) is 2. The highest BCUT2D eigenvalue weighted by Gasteiger charge is 2.32. The van der Waals surface area contributed by atoms with E-state index >= 15 is 0 Å². The number of carbonyl (C=O) groups excluding carboxylic acids is 2. The average Bonchev–Trinajstić information content (AvgIpc) is 3.32. The van der Waals surface area contributed by atoms with Gasteiger partial charge in [0.25, 0.3) is 5.91 Å². The summed E-state index contributed by atoms with van der Waals surface area (Å²) in [6, 6.07) is 13.3. The molecule has 1 fully saturated rings. The number of imidazole rings is 1. The Kier molecular flexibility index (Phi) is 4.58. The van der Waals surface area contributed by atoms with Gasteiger partial charge >= 0.3 is 0 Å². The summed E-state index contributed by atoms with van der Waals surface area (Å²) in [7, 11) is 0. The topological polar surface area (TPSA) is 78.1 Å². The zero-order valence-corrected chi connectivity index (χ0v) is 14.6. The highest BCUT2D eigenvalue weighted by molar-refractivity contribution is 5.96. The van der Waals surface area contributed by atoms with Gasteiger partial charge in [0.15, 0.2) is 0 Å². The first-order chi connectivity index (χ1) is 13.1. The number of carbonyl (C=O) groups is 2. The molecule has 2 N–H and O–H groups in total. The lowest BCUT2D eigenvalue weighted by molar-refractivity contribution is -0.131. The predicted molar refractivity (Wildman–Crippen MR) is 98.5 cm³/mol. The molecule has 2 amide bonds. The van der Waals surface area contributed by atoms with Crippen LogP contribution in [0.3, 0.4) is 0 Å². The van der Waals surface area contributed by atoms with E-state index in [9.17, 15) is 14.0 Å². The van der Waals surface area contributed by atoms with Crippen molar-refractivity contribution in [3.05, 3.63) is 65.7 Å². The molecule has 0 radical (unpaired) electrons. The minimum Gasteiger partial charge on any atom is -0.343 e. The Bertz CT molecular complexity index is 967. The van der Waals surface area contributed by atoms with Crippen molar-refractivity contribution in [2.75, 3.05) is 13.1 Å². The average molecular weight is 366 g/mol. The van der Waals surface area contributed by atoms with Gasteiger partial charge in [0.2, 0.25) is 5.91 Å². The lowest BCUT2D eigenvalue weighted by atomic mass is 10.2. The Morgan fingerprint density at radius 2 is 1.96 bits per heavy atom. The zero-order chi connectivity index (χ0) is 18.8. The van der Waals surface area contributed by atoms with Crippen molar-refractivity contribution >= 4 is 22.8 Å². The highest BCUT2D eigenvalue weighted by atomic mass is 19.1. The number of aromatic nitrogens is 2. The van der Waals surface area contributed by atoms with Gasteiger partial charge in [-0.25, -0.2) is 9.37 Å². The van der Waals surface area contributed by atoms with Gasteiger partial charge in [0.05, 0.1) is 29.2 Å². The Morgan fingerprint density at radius 1 is 1.19 bits per heavy atom. The molecule has 3 aromatic rings. The molecule has 0 saturated carbocycles. The lowest BCUT2D eigenvalue weighted by Crippen LogP contribution is -2.40. The van der Waals surface area contributed by atoms with E-state index in [0.29, 0.717) is 6.54 Å². The molecule has 1 aromatic heterocycles. The van der Waals surface area contributed by atoms with E-state index in [1.165, 1.54) is 18.2 Å². The van der Waals surface area contributed by atoms with E-state index in [2.05, 4.69) is 15.3 Å². The quantitative estimate of drug-likeness (QED) is 0.745. The number of para-hydroxylation sites is 2. The van der Waals surface area contributed by atoms with Gasteiger partial charge in [0, 0.05) is 6.54 Å². The standard InChI is InChI=1S/C20H19FN4O2/c21-14-7-2-1-6-13(14)20(27)22-12-18(26)25-11-5-10-17(25)19-23-15-8-3-4-9-16(15)24-19/h1-4,6-9,17H,5,10-12H2,(H,22,27)(H,23,24). The fourth-order valence-corrected chi connectivity index (χ4v) is 3.48. The summed E-state index contributed by atoms with van der Waals surface area (Å²) in [5.74, 6) is -0.658. The van der Waals surface area contributed by atoms with Gasteiger partial charge in [-0.2, -0.15) is 0 Å². The van der Waals surface area contributed by atoms with E-state index < -0.39 is 11.7 Å². The van der Waals surface area contributed by atoms with Crippen LogP contribution in [0.5, 0.6) is 0 Å². The maximum Gasteiger partial charge on any atom is 0.254 e. The Morgan fingerprint density at radius 3 is 2.78 bits per heavy atom. The SMILES string of the molecule is O=C(NCC(=O)N1CCCC1c1nc2ccccc2[nH]1)c1ccccc1F. The van der Waals surface area contributed by atoms with Crippen molar-refractivity contribution < 1.29 is 14.0 Å². The van der Waals surface area contributed by atoms with Crippen molar-refractivity contribution in [1.29, 1.82) is 0 Å². The Labute approximate surface area is 155 Å². The first-order valence-corrected chi connectivity index (χ1v) is 8.90. The molecule has 2 aromatic carbocycles. The van der Waals surface area contributed by atoms with Gasteiger partial charge in [-0.1, -0.05) is 24.3 Å². The zero-order valence-electron chi connectivity index (χ0n) is 14.6. The van der Waals surface area contributed by atoms with E-state index in [4.69, 9.17) is 0 Å². The summed E-state index contributed by atoms with van der Waals surface area (Å²) in [4.78, 5) is 34.3. The minimum absolute atomic E-state index is 0.0689. The molecule has 1 unspecified atom stereocenters. The fourth-order valence-electron chi connectivity index (χ4n) is 3.48. The molecule has 2 heterocycles. The third kappa shape index (κ3) is 3.40. The molecule has 0 bridgehead atoms. The molecule has 1 aliphatic rings. The molecule has 1 saturated heterocycles. The van der Waals surface area contributed by atoms with E-state index in [1.54, 1.807) is 11.0 Å². The summed E-state index contributed by atoms with van der Waals surface area (Å²) < 4.78 is 13.7. The molecule has 4 rings (SSSR count). The van der Waals surface area contributed by atoms with Gasteiger partial charge in [-0.05, 0) is 37.1 Å². The van der Waals surface area contributed by atoms with Crippen LogP contribution in [0, 0.1) is 5.82 Å². The molecule has 0 spiro atoms. The number of halogens is 1. The van der Waals surface area contributed by atoms with Crippen LogP contribution >= 0.6 is 0 Å². The summed E-state index contributed by atoms with van der Waals surface area (Å²) >= 11 is 0. The first-order valence-electron chi connectivity index (χ1n) is 8.90. The van der Waals surface area contributed by atoms with Crippen molar-refractivity contribution in [3.63, 3.8) is 0 Å². The van der Waals surface area contributed by atoms with Gasteiger partial charge in [-0.3, -0.25) is 9.59 Å². The third-order valence-electron chi connectivity index (χ3n) is 4.82. The van der Waals surface area contributed by atoms with Gasteiger partial charge in [0.1, 0.15) is 11.6 Å². The van der Waals surface area contributed by atoms with Gasteiger partial charge < -0.3 is 15.2 Å². The molecular formula is C20H19FN4O2. The lowest BCUT2D eigenvalue weighted by Gasteiger charge is -2.23. The van der Waals surface area contributed by atoms with Crippen molar-refractivity contribution in [2.24, 2.45) is 0 Å². The van der Waals surface area contributed by atoms with Crippen LogP contribution in [0.1, 0.15) is 35.1 Å². The summed E-state index contributed by atoms with van der Waals surface area (Å²) in [5, 5.41) is 2.51. The number of aromatic amines is 1. The number of nitrogens with zero attached hydrogens (tertiary/aromatic N) is 2. The number of amides is 2. The highest BCUT2D eigenvalue weighted by Crippen LogP contribution is 2.31. The summed E-state index contributed by atoms with van der Waals surface area (Å²) in [6.45, 7) is 0.431. The summed E-state index contributed by atoms with van der Waals surface area (Å²) in [5.41, 5.74) is 1.72. The summed E-state index contributed by atoms with van der Waals surface area (Å²) in [6.07, 6.45) is 1.68. The molecule has 1 atom stereocenters. The molecule has 7 heteroatoms.